The van der Waals surface area contributed by atoms with E-state index in [9.17, 15) is 10.2 Å². The van der Waals surface area contributed by atoms with Crippen molar-refractivity contribution in [1.82, 2.24) is 0 Å². The number of epoxide rings is 1. The van der Waals surface area contributed by atoms with Crippen molar-refractivity contribution in [2.24, 2.45) is 5.92 Å². The topological polar surface area (TPSA) is 53.0 Å². The van der Waals surface area contributed by atoms with Crippen LogP contribution in [0.2, 0.25) is 0 Å². The molecule has 132 valence electrons. The van der Waals surface area contributed by atoms with Gasteiger partial charge in [-0.25, -0.2) is 0 Å². The Bertz CT molecular complexity index is 472. The van der Waals surface area contributed by atoms with E-state index in [0.29, 0.717) is 6.42 Å². The van der Waals surface area contributed by atoms with Gasteiger partial charge in [0.1, 0.15) is 0 Å². The van der Waals surface area contributed by atoms with E-state index in [1.807, 2.05) is 19.9 Å². The predicted octanol–water partition coefficient (Wildman–Crippen LogP) is 4.14. The van der Waals surface area contributed by atoms with Crippen molar-refractivity contribution in [3.8, 4) is 0 Å². The van der Waals surface area contributed by atoms with Gasteiger partial charge in [0.25, 0.3) is 0 Å². The largest absolute Gasteiger partial charge is 0.390 e. The Balaban J connectivity index is 2.12. The molecule has 2 N–H and O–H groups in total. The first kappa shape index (κ1) is 18.7. The monoisotopic (exact) mass is 322 g/mol. The smallest absolute Gasteiger partial charge is 0.0948 e. The first-order valence-corrected chi connectivity index (χ1v) is 9.01. The van der Waals surface area contributed by atoms with Crippen molar-refractivity contribution in [3.63, 3.8) is 0 Å². The number of fused-ring (bicyclic) bond motifs is 1. The standard InChI is InChI=1S/C20H34O3/c1-14-6-9-16(19(3,4)22)10-7-15(2)12-17(21)13-20(5)18(23-20)11-8-14/h6,12,16-18,21-22H,7-11,13H2,1-5H3/b14-6+,15-12+/t16-,17-,18-,20+/m0/s1. The van der Waals surface area contributed by atoms with Crippen LogP contribution in [0.5, 0.6) is 0 Å². The van der Waals surface area contributed by atoms with Crippen LogP contribution >= 0.6 is 0 Å². The summed E-state index contributed by atoms with van der Waals surface area (Å²) in [5.41, 5.74) is 1.74. The second kappa shape index (κ2) is 7.08. The summed E-state index contributed by atoms with van der Waals surface area (Å²) in [6.45, 7) is 10.2. The Hall–Kier alpha value is -0.640. The average molecular weight is 322 g/mol. The van der Waals surface area contributed by atoms with Crippen molar-refractivity contribution in [3.05, 3.63) is 23.3 Å². The van der Waals surface area contributed by atoms with Crippen LogP contribution in [-0.4, -0.2) is 33.6 Å². The van der Waals surface area contributed by atoms with Gasteiger partial charge in [-0.15, -0.1) is 0 Å². The molecular weight excluding hydrogens is 288 g/mol. The van der Waals surface area contributed by atoms with Gasteiger partial charge < -0.3 is 14.9 Å². The fourth-order valence-corrected chi connectivity index (χ4v) is 3.69. The fraction of sp³-hybridized carbons (Fsp3) is 0.800. The molecule has 4 atom stereocenters. The van der Waals surface area contributed by atoms with Gasteiger partial charge in [0.2, 0.25) is 0 Å². The summed E-state index contributed by atoms with van der Waals surface area (Å²) in [6.07, 6.45) is 9.58. The molecule has 1 saturated heterocycles. The highest BCUT2D eigenvalue weighted by Crippen LogP contribution is 2.44. The molecule has 0 unspecified atom stereocenters. The maximum atomic E-state index is 10.4. The Morgan fingerprint density at radius 3 is 2.48 bits per heavy atom. The molecule has 3 nitrogen and oxygen atoms in total. The average Bonchev–Trinajstić information content (AvgIpc) is 3.03. The highest BCUT2D eigenvalue weighted by Gasteiger charge is 2.52. The van der Waals surface area contributed by atoms with Crippen LogP contribution < -0.4 is 0 Å². The molecule has 23 heavy (non-hydrogen) atoms. The first-order valence-electron chi connectivity index (χ1n) is 9.01. The summed E-state index contributed by atoms with van der Waals surface area (Å²) < 4.78 is 5.85. The molecule has 0 bridgehead atoms. The molecule has 1 aliphatic carbocycles. The normalized spacial score (nSPS) is 41.8. The molecule has 1 aliphatic heterocycles. The van der Waals surface area contributed by atoms with Gasteiger partial charge in [0, 0.05) is 6.42 Å². The molecule has 0 spiro atoms. The first-order chi connectivity index (χ1) is 10.6. The molecule has 0 amide bonds. The van der Waals surface area contributed by atoms with E-state index >= 15 is 0 Å². The van der Waals surface area contributed by atoms with Gasteiger partial charge >= 0.3 is 0 Å². The zero-order chi connectivity index (χ0) is 17.3. The summed E-state index contributed by atoms with van der Waals surface area (Å²) in [5, 5.41) is 20.7. The number of hydrogen-bond acceptors (Lipinski definition) is 3. The second-order valence-electron chi connectivity index (χ2n) is 8.42. The highest BCUT2D eigenvalue weighted by atomic mass is 16.6. The lowest BCUT2D eigenvalue weighted by Crippen LogP contribution is -2.30. The molecule has 3 heteroatoms. The van der Waals surface area contributed by atoms with Gasteiger partial charge in [-0.2, -0.15) is 0 Å². The predicted molar refractivity (Wildman–Crippen MR) is 94.3 cm³/mol. The lowest BCUT2D eigenvalue weighted by Gasteiger charge is -2.29. The van der Waals surface area contributed by atoms with E-state index in [-0.39, 0.29) is 17.6 Å². The Labute approximate surface area is 141 Å². The summed E-state index contributed by atoms with van der Waals surface area (Å²) in [6, 6.07) is 0. The third kappa shape index (κ3) is 5.44. The van der Waals surface area contributed by atoms with Gasteiger partial charge in [-0.1, -0.05) is 23.3 Å². The Morgan fingerprint density at radius 2 is 1.83 bits per heavy atom. The summed E-state index contributed by atoms with van der Waals surface area (Å²) in [7, 11) is 0. The number of ether oxygens (including phenoxy) is 1. The van der Waals surface area contributed by atoms with Crippen LogP contribution in [0, 0.1) is 5.92 Å². The van der Waals surface area contributed by atoms with Crippen LogP contribution in [-0.2, 0) is 4.74 Å². The van der Waals surface area contributed by atoms with Crippen molar-refractivity contribution in [1.29, 1.82) is 0 Å². The van der Waals surface area contributed by atoms with E-state index in [1.165, 1.54) is 11.1 Å². The number of hydrogen-bond donors (Lipinski definition) is 2. The molecule has 1 fully saturated rings. The van der Waals surface area contributed by atoms with Crippen LogP contribution in [0.3, 0.4) is 0 Å². The van der Waals surface area contributed by atoms with Crippen LogP contribution in [0.1, 0.15) is 73.1 Å². The molecule has 2 aliphatic rings. The molecule has 0 saturated carbocycles. The van der Waals surface area contributed by atoms with Gasteiger partial charge in [0.05, 0.1) is 23.4 Å². The number of aliphatic hydroxyl groups excluding tert-OH is 1. The molecule has 0 aromatic rings. The molecule has 2 rings (SSSR count). The maximum Gasteiger partial charge on any atom is 0.0948 e. The van der Waals surface area contributed by atoms with E-state index in [4.69, 9.17) is 4.74 Å². The van der Waals surface area contributed by atoms with E-state index in [2.05, 4.69) is 26.8 Å². The van der Waals surface area contributed by atoms with Crippen molar-refractivity contribution < 1.29 is 14.9 Å². The lowest BCUT2D eigenvalue weighted by atomic mass is 9.82. The summed E-state index contributed by atoms with van der Waals surface area (Å²) in [4.78, 5) is 0. The van der Waals surface area contributed by atoms with E-state index < -0.39 is 11.7 Å². The van der Waals surface area contributed by atoms with Crippen LogP contribution in [0.15, 0.2) is 23.3 Å². The lowest BCUT2D eigenvalue weighted by molar-refractivity contribution is 0.0145. The molecule has 0 aromatic carbocycles. The number of allylic oxidation sites excluding steroid dienone is 3. The minimum absolute atomic E-state index is 0.157. The summed E-state index contributed by atoms with van der Waals surface area (Å²) in [5.74, 6) is 0.239. The van der Waals surface area contributed by atoms with Gasteiger partial charge in [-0.3, -0.25) is 0 Å². The summed E-state index contributed by atoms with van der Waals surface area (Å²) >= 11 is 0. The van der Waals surface area contributed by atoms with Crippen LogP contribution in [0.25, 0.3) is 0 Å². The van der Waals surface area contributed by atoms with Crippen molar-refractivity contribution in [2.45, 2.75) is 96.6 Å². The van der Waals surface area contributed by atoms with Gasteiger partial charge in [0.15, 0.2) is 0 Å². The van der Waals surface area contributed by atoms with E-state index in [1.54, 1.807) is 0 Å². The Morgan fingerprint density at radius 1 is 1.17 bits per heavy atom. The SMILES string of the molecule is C/C1=C\[C@H](O)C[C@@]2(C)O[C@H]2CC/C(C)=C/C[C@H](C(C)(C)O)CC1. The maximum absolute atomic E-state index is 10.4. The zero-order valence-electron chi connectivity index (χ0n) is 15.4. The fourth-order valence-electron chi connectivity index (χ4n) is 3.69. The van der Waals surface area contributed by atoms with Crippen LogP contribution in [0.4, 0.5) is 0 Å². The van der Waals surface area contributed by atoms with Crippen molar-refractivity contribution >= 4 is 0 Å². The quantitative estimate of drug-likeness (QED) is 0.563. The van der Waals surface area contributed by atoms with E-state index in [0.717, 1.165) is 32.1 Å². The highest BCUT2D eigenvalue weighted by molar-refractivity contribution is 5.10. The molecule has 1 heterocycles. The third-order valence-corrected chi connectivity index (χ3v) is 5.56. The molecule has 0 aromatic heterocycles. The number of aliphatic hydroxyl groups is 2. The minimum Gasteiger partial charge on any atom is -0.390 e. The molecular formula is C20H34O3. The van der Waals surface area contributed by atoms with Crippen molar-refractivity contribution in [2.75, 3.05) is 0 Å². The van der Waals surface area contributed by atoms with Gasteiger partial charge in [-0.05, 0) is 72.6 Å². The second-order valence-corrected chi connectivity index (χ2v) is 8.42. The Kier molecular flexibility index (Phi) is 5.76. The number of rotatable bonds is 1. The molecule has 0 radical (unpaired) electrons. The third-order valence-electron chi connectivity index (χ3n) is 5.56. The zero-order valence-corrected chi connectivity index (χ0v) is 15.4. The minimum atomic E-state index is -0.676.